The molecule has 0 radical (unpaired) electrons. The van der Waals surface area contributed by atoms with Gasteiger partial charge in [0.1, 0.15) is 0 Å². The Morgan fingerprint density at radius 1 is 0.222 bits per heavy atom. The van der Waals surface area contributed by atoms with Crippen LogP contribution in [0.3, 0.4) is 0 Å². The van der Waals surface area contributed by atoms with Crippen molar-refractivity contribution in [1.29, 1.82) is 0 Å². The van der Waals surface area contributed by atoms with Crippen molar-refractivity contribution in [2.45, 2.75) is 239 Å². The molecule has 0 saturated heterocycles. The highest BCUT2D eigenvalue weighted by molar-refractivity contribution is 4.55. The minimum absolute atomic E-state index is 1.26. The van der Waals surface area contributed by atoms with Gasteiger partial charge in [0.25, 0.3) is 0 Å². The van der Waals surface area contributed by atoms with Crippen LogP contribution in [-0.2, 0) is 0 Å². The van der Waals surface area contributed by atoms with Gasteiger partial charge in [0.05, 0.1) is 0 Å². The minimum atomic E-state index is 1.26. The molecular formula is C43H92N2. The standard InChI is InChI=1S/C26H55N.C17H37N/c1-4-5-6-7-8-9-10-11-12-13-14-15-16-17-18-19-20-21-22-23-24-25-26-27(2)3;1-4-6-8-10-12-14-16-18(3)17-15-13-11-9-7-5-2/h4-26H2,1-3H3;4-17H2,1-3H3. The van der Waals surface area contributed by atoms with Crippen molar-refractivity contribution < 1.29 is 0 Å². The van der Waals surface area contributed by atoms with Crippen molar-refractivity contribution in [3.05, 3.63) is 0 Å². The molecule has 0 heterocycles. The molecule has 0 amide bonds. The molecule has 0 N–H and O–H groups in total. The van der Waals surface area contributed by atoms with Gasteiger partial charge in [-0.15, -0.1) is 0 Å². The van der Waals surface area contributed by atoms with E-state index in [-0.39, 0.29) is 0 Å². The maximum atomic E-state index is 2.53. The van der Waals surface area contributed by atoms with Crippen molar-refractivity contribution in [1.82, 2.24) is 9.80 Å². The molecular weight excluding hydrogens is 544 g/mol. The molecule has 0 aromatic heterocycles. The van der Waals surface area contributed by atoms with Crippen LogP contribution in [-0.4, -0.2) is 50.6 Å². The van der Waals surface area contributed by atoms with Gasteiger partial charge in [0.2, 0.25) is 0 Å². The van der Waals surface area contributed by atoms with Crippen molar-refractivity contribution in [3.63, 3.8) is 0 Å². The van der Waals surface area contributed by atoms with E-state index in [1.54, 1.807) is 0 Å². The van der Waals surface area contributed by atoms with E-state index in [1.165, 1.54) is 238 Å². The quantitative estimate of drug-likeness (QED) is 0.0626. The summed E-state index contributed by atoms with van der Waals surface area (Å²) in [7, 11) is 6.65. The predicted molar refractivity (Wildman–Crippen MR) is 210 cm³/mol. The van der Waals surface area contributed by atoms with Gasteiger partial charge in [-0.1, -0.05) is 220 Å². The highest BCUT2D eigenvalue weighted by Gasteiger charge is 1.99. The van der Waals surface area contributed by atoms with Gasteiger partial charge in [-0.2, -0.15) is 0 Å². The van der Waals surface area contributed by atoms with E-state index < -0.39 is 0 Å². The van der Waals surface area contributed by atoms with Gasteiger partial charge in [-0.3, -0.25) is 0 Å². The normalized spacial score (nSPS) is 11.5. The van der Waals surface area contributed by atoms with Crippen molar-refractivity contribution in [2.24, 2.45) is 0 Å². The SMILES string of the molecule is CCCCCCCCCCCCCCCCCCCCCCCCN(C)C.CCCCCCCCN(C)CCCCCCCC. The topological polar surface area (TPSA) is 6.48 Å². The van der Waals surface area contributed by atoms with Crippen LogP contribution in [0, 0.1) is 0 Å². The zero-order valence-corrected chi connectivity index (χ0v) is 33.1. The van der Waals surface area contributed by atoms with Crippen molar-refractivity contribution in [2.75, 3.05) is 40.8 Å². The third-order valence-corrected chi connectivity index (χ3v) is 9.75. The van der Waals surface area contributed by atoms with Gasteiger partial charge >= 0.3 is 0 Å². The second kappa shape index (κ2) is 43.9. The monoisotopic (exact) mass is 637 g/mol. The fraction of sp³-hybridized carbons (Fsp3) is 1.00. The minimum Gasteiger partial charge on any atom is -0.309 e. The Balaban J connectivity index is 0. The van der Waals surface area contributed by atoms with E-state index >= 15 is 0 Å². The second-order valence-electron chi connectivity index (χ2n) is 15.1. The maximum Gasteiger partial charge on any atom is -0.00218 e. The molecule has 0 fully saturated rings. The average molecular weight is 637 g/mol. The third-order valence-electron chi connectivity index (χ3n) is 9.75. The van der Waals surface area contributed by atoms with Gasteiger partial charge < -0.3 is 9.80 Å². The van der Waals surface area contributed by atoms with Gasteiger partial charge in [-0.05, 0) is 60.0 Å². The molecule has 0 spiro atoms. The smallest absolute Gasteiger partial charge is 0.00218 e. The summed E-state index contributed by atoms with van der Waals surface area (Å²) in [6.07, 6.45) is 49.3. The Hall–Kier alpha value is -0.0800. The lowest BCUT2D eigenvalue weighted by atomic mass is 10.0. The van der Waals surface area contributed by atoms with E-state index in [9.17, 15) is 0 Å². The molecule has 0 aromatic rings. The molecule has 0 atom stereocenters. The summed E-state index contributed by atoms with van der Waals surface area (Å²) in [5.74, 6) is 0. The Bertz CT molecular complexity index is 460. The Morgan fingerprint density at radius 2 is 0.400 bits per heavy atom. The second-order valence-corrected chi connectivity index (χ2v) is 15.1. The first kappa shape index (κ1) is 47.0. The first-order valence-corrected chi connectivity index (χ1v) is 21.4. The first-order chi connectivity index (χ1) is 22.1. The number of hydrogen-bond donors (Lipinski definition) is 0. The van der Waals surface area contributed by atoms with Crippen molar-refractivity contribution in [3.8, 4) is 0 Å². The highest BCUT2D eigenvalue weighted by Crippen LogP contribution is 2.15. The van der Waals surface area contributed by atoms with Crippen LogP contribution >= 0.6 is 0 Å². The van der Waals surface area contributed by atoms with Crippen LogP contribution in [0.4, 0.5) is 0 Å². The van der Waals surface area contributed by atoms with Gasteiger partial charge in [0, 0.05) is 0 Å². The van der Waals surface area contributed by atoms with E-state index in [2.05, 4.69) is 51.7 Å². The number of nitrogens with zero attached hydrogens (tertiary/aromatic N) is 2. The number of unbranched alkanes of at least 4 members (excludes halogenated alkanes) is 31. The highest BCUT2D eigenvalue weighted by atomic mass is 15.1. The predicted octanol–water partition coefficient (Wildman–Crippen LogP) is 14.8. The fourth-order valence-electron chi connectivity index (χ4n) is 6.47. The van der Waals surface area contributed by atoms with E-state index in [4.69, 9.17) is 0 Å². The molecule has 2 heteroatoms. The molecule has 0 aliphatic heterocycles. The molecule has 0 rings (SSSR count). The molecule has 45 heavy (non-hydrogen) atoms. The van der Waals surface area contributed by atoms with E-state index in [1.807, 2.05) is 0 Å². The van der Waals surface area contributed by atoms with E-state index in [0.29, 0.717) is 0 Å². The Morgan fingerprint density at radius 3 is 0.600 bits per heavy atom. The van der Waals surface area contributed by atoms with Crippen LogP contribution in [0.25, 0.3) is 0 Å². The zero-order valence-electron chi connectivity index (χ0n) is 33.1. The summed E-state index contributed by atoms with van der Waals surface area (Å²) in [6.45, 7) is 10.8. The average Bonchev–Trinajstić information content (AvgIpc) is 3.03. The van der Waals surface area contributed by atoms with Crippen LogP contribution in [0.1, 0.15) is 239 Å². The van der Waals surface area contributed by atoms with Crippen LogP contribution in [0.2, 0.25) is 0 Å². The molecule has 0 aliphatic rings. The Labute approximate surface area is 289 Å². The summed E-state index contributed by atoms with van der Waals surface area (Å²) < 4.78 is 0. The first-order valence-electron chi connectivity index (χ1n) is 21.4. The van der Waals surface area contributed by atoms with Crippen molar-refractivity contribution >= 4 is 0 Å². The summed E-state index contributed by atoms with van der Waals surface area (Å²) in [6, 6.07) is 0. The summed E-state index contributed by atoms with van der Waals surface area (Å²) >= 11 is 0. The van der Waals surface area contributed by atoms with Crippen LogP contribution < -0.4 is 0 Å². The molecule has 0 aromatic carbocycles. The van der Waals surface area contributed by atoms with Gasteiger partial charge in [-0.25, -0.2) is 0 Å². The number of hydrogen-bond acceptors (Lipinski definition) is 2. The third kappa shape index (κ3) is 48.4. The molecule has 0 aliphatic carbocycles. The lowest BCUT2D eigenvalue weighted by Crippen LogP contribution is -2.20. The summed E-state index contributed by atoms with van der Waals surface area (Å²) in [4.78, 5) is 4.83. The maximum absolute atomic E-state index is 2.53. The fourth-order valence-corrected chi connectivity index (χ4v) is 6.47. The van der Waals surface area contributed by atoms with Gasteiger partial charge in [0.15, 0.2) is 0 Å². The van der Waals surface area contributed by atoms with Crippen LogP contribution in [0.5, 0.6) is 0 Å². The molecule has 0 unspecified atom stereocenters. The largest absolute Gasteiger partial charge is 0.309 e. The molecule has 0 bridgehead atoms. The molecule has 274 valence electrons. The summed E-state index contributed by atoms with van der Waals surface area (Å²) in [5, 5.41) is 0. The zero-order chi connectivity index (χ0) is 33.3. The molecule has 2 nitrogen and oxygen atoms in total. The molecule has 0 saturated carbocycles. The Kier molecular flexibility index (Phi) is 45.9. The van der Waals surface area contributed by atoms with E-state index in [0.717, 1.165) is 0 Å². The summed E-state index contributed by atoms with van der Waals surface area (Å²) in [5.41, 5.74) is 0. The lowest BCUT2D eigenvalue weighted by Gasteiger charge is -2.16. The number of rotatable bonds is 37. The van der Waals surface area contributed by atoms with Crippen LogP contribution in [0.15, 0.2) is 0 Å². The lowest BCUT2D eigenvalue weighted by molar-refractivity contribution is 0.314.